The Morgan fingerprint density at radius 1 is 0.397 bits per heavy atom. The molecule has 4 fully saturated rings. The molecule has 10 aromatic carbocycles. The molecule has 0 saturated carbocycles. The molecule has 0 aliphatic carbocycles. The van der Waals surface area contributed by atoms with Crippen LogP contribution in [0.5, 0.6) is 23.0 Å². The van der Waals surface area contributed by atoms with Crippen molar-refractivity contribution < 1.29 is 76.6 Å². The largest absolute Gasteiger partial charge is 0.492 e. The molecule has 782 valence electrons. The Bertz CT molecular complexity index is 6260. The Morgan fingerprint density at radius 3 is 1.08 bits per heavy atom. The summed E-state index contributed by atoms with van der Waals surface area (Å²) in [5.74, 6) is 4.92. The van der Waals surface area contributed by atoms with E-state index in [0.29, 0.717) is 66.4 Å². The van der Waals surface area contributed by atoms with Crippen LogP contribution in [-0.4, -0.2) is 269 Å². The van der Waals surface area contributed by atoms with E-state index in [2.05, 4.69) is 140 Å². The molecular weight excluding hydrogens is 2010 g/mol. The number of nitrogens with two attached hydrogens (primary N) is 2. The molecule has 17 rings (SSSR count). The zero-order chi connectivity index (χ0) is 105. The Labute approximate surface area is 886 Å². The third-order valence-electron chi connectivity index (χ3n) is 22.9. The van der Waals surface area contributed by atoms with Crippen LogP contribution in [0.25, 0.3) is 48.8 Å². The number of nitrogens with zero attached hydrogens (tertiary/aromatic N) is 8. The number of hydrogen-bond donors (Lipinski definition) is 11. The number of alkyl halides is 6. The van der Waals surface area contributed by atoms with Crippen LogP contribution in [-0.2, 0) is 44.7 Å². The zero-order valence-corrected chi connectivity index (χ0v) is 88.6. The molecule has 7 heterocycles. The molecule has 4 saturated heterocycles. The minimum atomic E-state index is -1.66. The molecule has 5 amide bonds. The van der Waals surface area contributed by atoms with Gasteiger partial charge in [0.05, 0.1) is 81.3 Å². The van der Waals surface area contributed by atoms with Crippen LogP contribution in [0.15, 0.2) is 224 Å². The number of ether oxygens (including phenoxy) is 10. The number of amides is 5. The maximum Gasteiger partial charge on any atom is 0.488 e. The van der Waals surface area contributed by atoms with E-state index in [0.717, 1.165) is 226 Å². The van der Waals surface area contributed by atoms with Crippen molar-refractivity contribution in [2.45, 2.75) is 86.1 Å². The van der Waals surface area contributed by atoms with Crippen LogP contribution < -0.4 is 62.5 Å². The third-order valence-corrected chi connectivity index (χ3v) is 23.7. The molecule has 0 atom stereocenters. The van der Waals surface area contributed by atoms with Gasteiger partial charge in [-0.1, -0.05) is 278 Å². The molecular formula is C105H129BCl7N17O16. The van der Waals surface area contributed by atoms with Gasteiger partial charge in [0.25, 0.3) is 0 Å². The number of rotatable bonds is 25. The standard InChI is InChI=1S/C30H35N5O3.C24H31N5O3.C19H21Cl3N2O4.C16H20N2O2.C7H13N3.C6H7BO2.C3H2Cl4O2/c1-30(2,3)27-21-28(35(33-27)22-9-5-4-6-10-22)32-29(36)31-25-13-14-26(24-12-8-7-11-23(24)25)38-20-17-34-15-18-37-19-16-34;1-24(2,3)21-16-22(28-27-21)26-23(30)25-19-8-9-20(18-7-5-4-6-17(18)19)32-15-12-29-10-13-31-14-11-29;20-19(21,22)13-28-18(25)23-16-5-6-17(15-4-2-1-3-14(15)16)27-12-9-24-7-10-26-11-8-24;17-15-5-6-16(14-4-2-1-3-13(14)15)20-12-9-18-7-10-19-11-8-18;1-7(2,3)5-4-6(8)10-9-5;8-7(9)6-4-2-1-3-5-6;4-2(8)9-1-3(5,6)7/h4-14,21H,15-20H2,1-3H3,(H2,31,32,36);4-9,16H,10-15H2,1-3H3,(H3,25,26,27,28,30);1-6H,7-13H2,(H,23,25);1-6H,7-12,17H2;4H,1-3H3,(H3,8,9,10);1-5,8-9H;1H2. The number of carbonyl (C=O) groups excluding carboxylic acids is 4. The minimum absolute atomic E-state index is 0.0722. The number of aromatic amines is 2. The molecule has 0 unspecified atom stereocenters. The number of H-pyrrole nitrogens is 2. The summed E-state index contributed by atoms with van der Waals surface area (Å²) in [7, 11) is -1.34. The van der Waals surface area contributed by atoms with Gasteiger partial charge in [-0.3, -0.25) is 45.7 Å². The Balaban J connectivity index is 0.000000172. The fraction of sp³-hybridized carbons (Fsp3) is 0.381. The van der Waals surface area contributed by atoms with E-state index < -0.39 is 26.2 Å². The van der Waals surface area contributed by atoms with Gasteiger partial charge >= 0.3 is 30.7 Å². The number of para-hydroxylation sites is 1. The molecule has 0 radical (unpaired) electrons. The number of anilines is 7. The fourth-order valence-corrected chi connectivity index (χ4v) is 15.5. The summed E-state index contributed by atoms with van der Waals surface area (Å²) >= 11 is 37.1. The van der Waals surface area contributed by atoms with E-state index in [1.807, 2.05) is 188 Å². The molecule has 0 spiro atoms. The van der Waals surface area contributed by atoms with Crippen molar-refractivity contribution in [3.63, 3.8) is 0 Å². The van der Waals surface area contributed by atoms with Crippen molar-refractivity contribution in [1.29, 1.82) is 0 Å². The second-order valence-electron chi connectivity index (χ2n) is 37.1. The lowest BCUT2D eigenvalue weighted by Gasteiger charge is -2.26. The smallest absolute Gasteiger partial charge is 0.488 e. The summed E-state index contributed by atoms with van der Waals surface area (Å²) in [5, 5.41) is 57.8. The lowest BCUT2D eigenvalue weighted by Crippen LogP contribution is -2.38. The number of nitrogen functional groups attached to an aromatic ring is 2. The highest BCUT2D eigenvalue weighted by molar-refractivity contribution is 6.68. The van der Waals surface area contributed by atoms with Crippen molar-refractivity contribution >= 4 is 201 Å². The molecule has 3 aromatic heterocycles. The van der Waals surface area contributed by atoms with Gasteiger partial charge in [0.2, 0.25) is 7.59 Å². The maximum atomic E-state index is 13.2. The first-order valence-corrected chi connectivity index (χ1v) is 50.5. The van der Waals surface area contributed by atoms with Gasteiger partial charge in [0, 0.05) is 185 Å². The summed E-state index contributed by atoms with van der Waals surface area (Å²) in [6.07, 6.45) is -0.697. The monoisotopic (exact) mass is 2140 g/mol. The lowest BCUT2D eigenvalue weighted by atomic mass is 9.81. The molecule has 4 aliphatic heterocycles. The summed E-state index contributed by atoms with van der Waals surface area (Å²) in [4.78, 5) is 57.0. The van der Waals surface area contributed by atoms with Crippen LogP contribution in [0, 0.1) is 0 Å². The first-order chi connectivity index (χ1) is 69.8. The van der Waals surface area contributed by atoms with Crippen molar-refractivity contribution in [3.05, 3.63) is 242 Å². The lowest BCUT2D eigenvalue weighted by molar-refractivity contribution is 0.0322. The summed E-state index contributed by atoms with van der Waals surface area (Å²) < 4.78 is 53.3. The Kier molecular flexibility index (Phi) is 44.6. The third kappa shape index (κ3) is 38.4. The zero-order valence-electron chi connectivity index (χ0n) is 83.3. The van der Waals surface area contributed by atoms with Gasteiger partial charge in [-0.25, -0.2) is 23.9 Å². The normalized spacial score (nSPS) is 14.3. The molecule has 33 nitrogen and oxygen atoms in total. The van der Waals surface area contributed by atoms with Gasteiger partial charge in [-0.05, 0) is 66.1 Å². The second-order valence-corrected chi connectivity index (χ2v) is 42.4. The molecule has 13 N–H and O–H groups in total. The average molecular weight is 2140 g/mol. The van der Waals surface area contributed by atoms with Crippen LogP contribution in [0.4, 0.5) is 59.4 Å². The van der Waals surface area contributed by atoms with E-state index in [4.69, 9.17) is 150 Å². The van der Waals surface area contributed by atoms with E-state index >= 15 is 0 Å². The van der Waals surface area contributed by atoms with Gasteiger partial charge < -0.3 is 79.5 Å². The molecule has 4 aliphatic rings. The maximum absolute atomic E-state index is 13.2. The first kappa shape index (κ1) is 115. The predicted octanol–water partition coefficient (Wildman–Crippen LogP) is 19.9. The summed E-state index contributed by atoms with van der Waals surface area (Å²) in [5.41, 5.74) is 17.4. The number of urea groups is 2. The van der Waals surface area contributed by atoms with Gasteiger partial charge in [0.1, 0.15) is 74.3 Å². The molecule has 13 aromatic rings. The van der Waals surface area contributed by atoms with Gasteiger partial charge in [-0.2, -0.15) is 15.3 Å². The van der Waals surface area contributed by atoms with Crippen molar-refractivity contribution in [3.8, 4) is 28.7 Å². The van der Waals surface area contributed by atoms with Gasteiger partial charge in [0.15, 0.2) is 5.82 Å². The number of carbonyl (C=O) groups is 4. The number of morpholine rings is 4. The van der Waals surface area contributed by atoms with Crippen LogP contribution in [0.1, 0.15) is 79.4 Å². The number of fused-ring (bicyclic) bond motifs is 4. The van der Waals surface area contributed by atoms with Gasteiger partial charge in [-0.15, -0.1) is 0 Å². The number of aromatic nitrogens is 6. The van der Waals surface area contributed by atoms with Crippen LogP contribution in [0.3, 0.4) is 0 Å². The van der Waals surface area contributed by atoms with Crippen LogP contribution in [0.2, 0.25) is 0 Å². The first-order valence-electron chi connectivity index (χ1n) is 47.8. The highest BCUT2D eigenvalue weighted by Gasteiger charge is 2.28. The number of hydrogen-bond acceptors (Lipinski definition) is 25. The van der Waals surface area contributed by atoms with E-state index in [1.54, 1.807) is 35.0 Å². The Hall–Kier alpha value is -11.4. The molecule has 41 heteroatoms. The van der Waals surface area contributed by atoms with E-state index in [-0.39, 0.29) is 41.5 Å². The molecule has 0 bridgehead atoms. The quantitative estimate of drug-likeness (QED) is 0.0110. The minimum Gasteiger partial charge on any atom is -0.492 e. The highest BCUT2D eigenvalue weighted by atomic mass is 35.6. The van der Waals surface area contributed by atoms with Crippen molar-refractivity contribution in [1.82, 2.24) is 49.8 Å². The second kappa shape index (κ2) is 56.7. The number of halogens is 7. The number of benzene rings is 10. The highest BCUT2D eigenvalue weighted by Crippen LogP contribution is 2.38. The summed E-state index contributed by atoms with van der Waals surface area (Å²) in [6, 6.07) is 70.0. The van der Waals surface area contributed by atoms with E-state index in [9.17, 15) is 19.2 Å². The topological polar surface area (TPSA) is 401 Å². The number of nitrogens with one attached hydrogen (secondary N) is 7. The van der Waals surface area contributed by atoms with Crippen molar-refractivity contribution in [2.24, 2.45) is 0 Å². The average Bonchev–Trinajstić information content (AvgIpc) is 1.65. The van der Waals surface area contributed by atoms with E-state index in [1.165, 1.54) is 0 Å². The Morgan fingerprint density at radius 2 is 0.740 bits per heavy atom. The van der Waals surface area contributed by atoms with Crippen LogP contribution >= 0.6 is 81.2 Å². The SMILES string of the molecule is CC(C)(C)c1cc(N)n[nH]1.CC(C)(C)c1cc(NC(=O)Nc2ccc(OCCN3CCOCC3)c3ccccc23)n(-c2ccccc2)n1.CC(C)(C)c1cc(NC(=O)Nc2ccc(OCCN3CCOCC3)c3ccccc23)n[nH]1.Nc1ccc(OCCN2CCOCC2)c2ccccc12.O=C(Cl)OCC(Cl)(Cl)Cl.O=C(Nc1ccc(OCCN2CCOCC2)c2ccccc12)OCC(Cl)(Cl)Cl.OB(O)c1ccccc1. The summed E-state index contributed by atoms with van der Waals surface area (Å²) in [6.45, 7) is 38.0. The molecule has 146 heavy (non-hydrogen) atoms. The van der Waals surface area contributed by atoms with Crippen molar-refractivity contribution in [2.75, 3.05) is 209 Å². The predicted molar refractivity (Wildman–Crippen MR) is 587 cm³/mol. The fourth-order valence-electron chi connectivity index (χ4n) is 15.1.